The number of sulfonamides is 1. The third-order valence-corrected chi connectivity index (χ3v) is 7.59. The lowest BCUT2D eigenvalue weighted by Gasteiger charge is -2.26. The van der Waals surface area contributed by atoms with Gasteiger partial charge in [0.15, 0.2) is 0 Å². The van der Waals surface area contributed by atoms with Crippen LogP contribution >= 0.6 is 11.6 Å². The molecule has 1 fully saturated rings. The molecule has 0 unspecified atom stereocenters. The molecule has 3 rings (SSSR count). The first kappa shape index (κ1) is 25.2. The van der Waals surface area contributed by atoms with Gasteiger partial charge in [0, 0.05) is 19.6 Å². The molecule has 0 spiro atoms. The molecule has 1 atom stereocenters. The number of hydrogen-bond acceptors (Lipinski definition) is 5. The first-order chi connectivity index (χ1) is 15.7. The Balaban J connectivity index is 1.61. The van der Waals surface area contributed by atoms with E-state index in [9.17, 15) is 18.0 Å². The molecule has 1 heterocycles. The first-order valence-electron chi connectivity index (χ1n) is 10.7. The van der Waals surface area contributed by atoms with Crippen LogP contribution in [0.5, 0.6) is 0 Å². The fraction of sp³-hybridized carbons (Fsp3) is 0.391. The van der Waals surface area contributed by atoms with Gasteiger partial charge in [0.2, 0.25) is 15.9 Å². The van der Waals surface area contributed by atoms with E-state index in [0.717, 1.165) is 5.56 Å². The minimum Gasteiger partial charge on any atom is -0.379 e. The maximum atomic E-state index is 12.8. The maximum absolute atomic E-state index is 12.8. The van der Waals surface area contributed by atoms with E-state index in [-0.39, 0.29) is 23.3 Å². The van der Waals surface area contributed by atoms with Gasteiger partial charge < -0.3 is 15.4 Å². The number of morpholine rings is 1. The summed E-state index contributed by atoms with van der Waals surface area (Å²) in [5.41, 5.74) is 1.04. The number of carbonyl (C=O) groups excluding carboxylic acids is 2. The van der Waals surface area contributed by atoms with Crippen molar-refractivity contribution in [2.75, 3.05) is 26.3 Å². The van der Waals surface area contributed by atoms with Gasteiger partial charge in [0.25, 0.3) is 5.91 Å². The van der Waals surface area contributed by atoms with E-state index in [4.69, 9.17) is 16.3 Å². The van der Waals surface area contributed by atoms with Crippen molar-refractivity contribution in [2.24, 2.45) is 5.92 Å². The second-order valence-electron chi connectivity index (χ2n) is 8.05. The fourth-order valence-electron chi connectivity index (χ4n) is 3.41. The van der Waals surface area contributed by atoms with Crippen molar-refractivity contribution < 1.29 is 22.7 Å². The zero-order valence-electron chi connectivity index (χ0n) is 18.6. The van der Waals surface area contributed by atoms with Crippen LogP contribution in [0.2, 0.25) is 5.02 Å². The van der Waals surface area contributed by atoms with Crippen LogP contribution in [0.4, 0.5) is 0 Å². The van der Waals surface area contributed by atoms with Crippen molar-refractivity contribution in [1.29, 1.82) is 0 Å². The summed E-state index contributed by atoms with van der Waals surface area (Å²) < 4.78 is 32.1. The Morgan fingerprint density at radius 3 is 2.30 bits per heavy atom. The summed E-state index contributed by atoms with van der Waals surface area (Å²) in [7, 11) is -3.57. The van der Waals surface area contributed by atoms with Crippen LogP contribution in [0.3, 0.4) is 0 Å². The lowest BCUT2D eigenvalue weighted by Crippen LogP contribution is -2.49. The second kappa shape index (κ2) is 11.1. The number of rotatable bonds is 8. The Bertz CT molecular complexity index is 1080. The highest BCUT2D eigenvalue weighted by molar-refractivity contribution is 7.89. The molecule has 0 radical (unpaired) electrons. The Morgan fingerprint density at radius 1 is 1.06 bits per heavy atom. The van der Waals surface area contributed by atoms with Gasteiger partial charge in [0.1, 0.15) is 6.04 Å². The monoisotopic (exact) mass is 493 g/mol. The molecule has 178 valence electrons. The largest absolute Gasteiger partial charge is 0.379 e. The van der Waals surface area contributed by atoms with Crippen molar-refractivity contribution in [1.82, 2.24) is 14.9 Å². The molecule has 0 aromatic heterocycles. The van der Waals surface area contributed by atoms with Gasteiger partial charge >= 0.3 is 0 Å². The number of nitrogens with zero attached hydrogens (tertiary/aromatic N) is 1. The van der Waals surface area contributed by atoms with E-state index in [1.807, 2.05) is 13.8 Å². The first-order valence-corrected chi connectivity index (χ1v) is 12.5. The summed E-state index contributed by atoms with van der Waals surface area (Å²) in [6.45, 7) is 5.29. The van der Waals surface area contributed by atoms with Crippen molar-refractivity contribution in [3.63, 3.8) is 0 Å². The highest BCUT2D eigenvalue weighted by Crippen LogP contribution is 2.18. The van der Waals surface area contributed by atoms with Crippen LogP contribution in [0.25, 0.3) is 0 Å². The van der Waals surface area contributed by atoms with Crippen LogP contribution in [0, 0.1) is 5.92 Å². The highest BCUT2D eigenvalue weighted by atomic mass is 35.5. The summed E-state index contributed by atoms with van der Waals surface area (Å²) >= 11 is 6.08. The number of benzene rings is 2. The summed E-state index contributed by atoms with van der Waals surface area (Å²) in [6.07, 6.45) is 0. The van der Waals surface area contributed by atoms with Crippen molar-refractivity contribution >= 4 is 33.4 Å². The molecule has 2 aromatic carbocycles. The lowest BCUT2D eigenvalue weighted by atomic mass is 10.0. The molecule has 2 aromatic rings. The van der Waals surface area contributed by atoms with Gasteiger partial charge in [-0.3, -0.25) is 9.59 Å². The van der Waals surface area contributed by atoms with Crippen LogP contribution in [0.15, 0.2) is 53.4 Å². The standard InChI is InChI=1S/C23H28ClN3O5S/c1-16(2)21(26-22(28)19-5-3-4-6-20(19)24)23(29)25-15-17-7-9-18(10-8-17)33(30,31)27-11-13-32-14-12-27/h3-10,16,21H,11-15H2,1-2H3,(H,25,29)(H,26,28)/t21-/m0/s1. The normalized spacial score (nSPS) is 15.8. The Hall–Kier alpha value is -2.46. The van der Waals surface area contributed by atoms with Crippen LogP contribution in [-0.4, -0.2) is 56.9 Å². The number of nitrogens with one attached hydrogen (secondary N) is 2. The zero-order valence-corrected chi connectivity index (χ0v) is 20.2. The number of ether oxygens (including phenoxy) is 1. The Labute approximate surface area is 199 Å². The maximum Gasteiger partial charge on any atom is 0.253 e. The Kier molecular flexibility index (Phi) is 8.47. The third-order valence-electron chi connectivity index (χ3n) is 5.35. The summed E-state index contributed by atoms with van der Waals surface area (Å²) in [5.74, 6) is -0.917. The third kappa shape index (κ3) is 6.32. The van der Waals surface area contributed by atoms with Gasteiger partial charge in [-0.05, 0) is 35.7 Å². The van der Waals surface area contributed by atoms with Gasteiger partial charge in [-0.2, -0.15) is 4.31 Å². The molecular weight excluding hydrogens is 466 g/mol. The molecule has 1 aliphatic rings. The van der Waals surface area contributed by atoms with Gasteiger partial charge in [-0.25, -0.2) is 8.42 Å². The molecule has 1 aliphatic heterocycles. The number of hydrogen-bond donors (Lipinski definition) is 2. The van der Waals surface area contributed by atoms with E-state index in [0.29, 0.717) is 36.9 Å². The van der Waals surface area contributed by atoms with Crippen molar-refractivity contribution in [3.8, 4) is 0 Å². The van der Waals surface area contributed by atoms with E-state index < -0.39 is 22.0 Å². The average Bonchev–Trinajstić information content (AvgIpc) is 2.81. The van der Waals surface area contributed by atoms with Gasteiger partial charge in [0.05, 0.1) is 28.7 Å². The Morgan fingerprint density at radius 2 is 1.70 bits per heavy atom. The van der Waals surface area contributed by atoms with E-state index in [1.165, 1.54) is 16.4 Å². The molecule has 8 nitrogen and oxygen atoms in total. The number of halogens is 1. The summed E-state index contributed by atoms with van der Waals surface area (Å²) in [6, 6.07) is 12.3. The molecule has 1 saturated heterocycles. The average molecular weight is 494 g/mol. The van der Waals surface area contributed by atoms with E-state index in [1.54, 1.807) is 36.4 Å². The van der Waals surface area contributed by atoms with E-state index >= 15 is 0 Å². The predicted octanol–water partition coefficient (Wildman–Crippen LogP) is 2.43. The zero-order chi connectivity index (χ0) is 24.0. The number of carbonyl (C=O) groups is 2. The fourth-order valence-corrected chi connectivity index (χ4v) is 5.04. The summed E-state index contributed by atoms with van der Waals surface area (Å²) in [4.78, 5) is 25.5. The van der Waals surface area contributed by atoms with Crippen LogP contribution < -0.4 is 10.6 Å². The predicted molar refractivity (Wildman–Crippen MR) is 125 cm³/mol. The van der Waals surface area contributed by atoms with Crippen LogP contribution in [-0.2, 0) is 26.1 Å². The van der Waals surface area contributed by atoms with Gasteiger partial charge in [-0.15, -0.1) is 0 Å². The minimum absolute atomic E-state index is 0.155. The minimum atomic E-state index is -3.57. The second-order valence-corrected chi connectivity index (χ2v) is 10.4. The smallest absolute Gasteiger partial charge is 0.253 e. The topological polar surface area (TPSA) is 105 Å². The molecule has 0 bridgehead atoms. The van der Waals surface area contributed by atoms with Crippen molar-refractivity contribution in [2.45, 2.75) is 31.3 Å². The molecular formula is C23H28ClN3O5S. The van der Waals surface area contributed by atoms with Gasteiger partial charge in [-0.1, -0.05) is 49.7 Å². The molecule has 2 amide bonds. The molecule has 0 saturated carbocycles. The quantitative estimate of drug-likeness (QED) is 0.587. The highest BCUT2D eigenvalue weighted by Gasteiger charge is 2.27. The molecule has 33 heavy (non-hydrogen) atoms. The molecule has 0 aliphatic carbocycles. The lowest BCUT2D eigenvalue weighted by molar-refractivity contribution is -0.124. The van der Waals surface area contributed by atoms with E-state index in [2.05, 4.69) is 10.6 Å². The SMILES string of the molecule is CC(C)[C@H](NC(=O)c1ccccc1Cl)C(=O)NCc1ccc(S(=O)(=O)N2CCOCC2)cc1. The van der Waals surface area contributed by atoms with Crippen molar-refractivity contribution in [3.05, 3.63) is 64.7 Å². The summed E-state index contributed by atoms with van der Waals surface area (Å²) in [5, 5.41) is 5.87. The molecule has 2 N–H and O–H groups in total. The molecule has 10 heteroatoms. The number of amides is 2. The van der Waals surface area contributed by atoms with Crippen LogP contribution in [0.1, 0.15) is 29.8 Å².